The molecular weight excluding hydrogens is 399 g/mol. The number of oxazole rings is 1. The summed E-state index contributed by atoms with van der Waals surface area (Å²) in [4.78, 5) is 18.8. The third kappa shape index (κ3) is 5.23. The zero-order valence-electron chi connectivity index (χ0n) is 17.4. The van der Waals surface area contributed by atoms with Crippen LogP contribution in [0, 0.1) is 5.82 Å². The van der Waals surface area contributed by atoms with Crippen molar-refractivity contribution in [2.75, 3.05) is 26.8 Å². The van der Waals surface area contributed by atoms with Gasteiger partial charge in [-0.2, -0.15) is 0 Å². The molecule has 2 aromatic carbocycles. The molecule has 1 aromatic heterocycles. The van der Waals surface area contributed by atoms with E-state index in [9.17, 15) is 9.18 Å². The molecule has 0 saturated carbocycles. The molecule has 0 aliphatic carbocycles. The van der Waals surface area contributed by atoms with Gasteiger partial charge in [0, 0.05) is 31.1 Å². The van der Waals surface area contributed by atoms with Crippen molar-refractivity contribution in [3.63, 3.8) is 0 Å². The van der Waals surface area contributed by atoms with Crippen molar-refractivity contribution >= 4 is 5.91 Å². The second-order valence-corrected chi connectivity index (χ2v) is 7.58. The number of hydrogen-bond acceptors (Lipinski definition) is 5. The summed E-state index contributed by atoms with van der Waals surface area (Å²) >= 11 is 0. The highest BCUT2D eigenvalue weighted by Crippen LogP contribution is 2.28. The smallest absolute Gasteiger partial charge is 0.260 e. The van der Waals surface area contributed by atoms with E-state index in [4.69, 9.17) is 13.9 Å². The van der Waals surface area contributed by atoms with Gasteiger partial charge < -0.3 is 18.8 Å². The SMILES string of the molecule is COc1ccccc1Cc1cnc([C@H]2CCCN(C(=O)COc3cccc(F)c3)C2)o1. The number of hydrogen-bond donors (Lipinski definition) is 0. The number of piperidine rings is 1. The fourth-order valence-electron chi connectivity index (χ4n) is 3.83. The van der Waals surface area contributed by atoms with Crippen LogP contribution in [0.15, 0.2) is 59.1 Å². The quantitative estimate of drug-likeness (QED) is 0.569. The number of benzene rings is 2. The average Bonchev–Trinajstić information content (AvgIpc) is 3.26. The lowest BCUT2D eigenvalue weighted by atomic mass is 9.98. The Bertz CT molecular complexity index is 1040. The topological polar surface area (TPSA) is 64.8 Å². The third-order valence-corrected chi connectivity index (χ3v) is 5.41. The summed E-state index contributed by atoms with van der Waals surface area (Å²) < 4.78 is 30.1. The van der Waals surface area contributed by atoms with Crippen molar-refractivity contribution in [1.29, 1.82) is 0 Å². The Hall–Kier alpha value is -3.35. The maximum atomic E-state index is 13.3. The Kier molecular flexibility index (Phi) is 6.50. The van der Waals surface area contributed by atoms with E-state index >= 15 is 0 Å². The van der Waals surface area contributed by atoms with Crippen LogP contribution in [0.25, 0.3) is 0 Å². The van der Waals surface area contributed by atoms with Gasteiger partial charge in [0.15, 0.2) is 12.5 Å². The molecule has 31 heavy (non-hydrogen) atoms. The normalized spacial score (nSPS) is 16.2. The first kappa shape index (κ1) is 20.9. The number of nitrogens with zero attached hydrogens (tertiary/aromatic N) is 2. The molecule has 162 valence electrons. The van der Waals surface area contributed by atoms with E-state index in [0.717, 1.165) is 29.9 Å². The van der Waals surface area contributed by atoms with Gasteiger partial charge in [0.2, 0.25) is 0 Å². The first-order valence-corrected chi connectivity index (χ1v) is 10.3. The van der Waals surface area contributed by atoms with Crippen LogP contribution in [0.1, 0.15) is 36.0 Å². The molecule has 1 atom stereocenters. The van der Waals surface area contributed by atoms with Gasteiger partial charge >= 0.3 is 0 Å². The second kappa shape index (κ2) is 9.64. The van der Waals surface area contributed by atoms with Gasteiger partial charge in [0.25, 0.3) is 5.91 Å². The number of amides is 1. The van der Waals surface area contributed by atoms with Gasteiger partial charge in [0.05, 0.1) is 19.2 Å². The molecule has 4 rings (SSSR count). The molecule has 0 unspecified atom stereocenters. The maximum Gasteiger partial charge on any atom is 0.260 e. The zero-order valence-corrected chi connectivity index (χ0v) is 17.4. The molecule has 3 aromatic rings. The van der Waals surface area contributed by atoms with Crippen LogP contribution in [0.5, 0.6) is 11.5 Å². The third-order valence-electron chi connectivity index (χ3n) is 5.41. The van der Waals surface area contributed by atoms with E-state index in [1.165, 1.54) is 12.1 Å². The van der Waals surface area contributed by atoms with Crippen LogP contribution < -0.4 is 9.47 Å². The Labute approximate surface area is 180 Å². The number of carbonyl (C=O) groups is 1. The minimum atomic E-state index is -0.393. The summed E-state index contributed by atoms with van der Waals surface area (Å²) in [6.07, 6.45) is 4.10. The van der Waals surface area contributed by atoms with Gasteiger partial charge in [-0.3, -0.25) is 4.79 Å². The molecule has 1 aliphatic rings. The fourth-order valence-corrected chi connectivity index (χ4v) is 3.83. The predicted octanol–water partition coefficient (Wildman–Crippen LogP) is 4.20. The summed E-state index contributed by atoms with van der Waals surface area (Å²) in [6.45, 7) is 1.07. The Morgan fingerprint density at radius 2 is 2.13 bits per heavy atom. The van der Waals surface area contributed by atoms with Crippen LogP contribution in [0.2, 0.25) is 0 Å². The van der Waals surface area contributed by atoms with Crippen molar-refractivity contribution < 1.29 is 23.1 Å². The standard InChI is InChI=1S/C24H25FN2O4/c1-29-22-10-3-2-6-17(22)12-21-14-26-24(31-21)18-7-5-11-27(15-18)23(28)16-30-20-9-4-8-19(25)13-20/h2-4,6,8-10,13-14,18H,5,7,11-12,15-16H2,1H3/t18-/m0/s1. The highest BCUT2D eigenvalue weighted by molar-refractivity contribution is 5.78. The minimum Gasteiger partial charge on any atom is -0.496 e. The maximum absolute atomic E-state index is 13.3. The summed E-state index contributed by atoms with van der Waals surface area (Å²) in [5.74, 6) is 2.08. The summed E-state index contributed by atoms with van der Waals surface area (Å²) in [5, 5.41) is 0. The largest absolute Gasteiger partial charge is 0.496 e. The molecule has 0 bridgehead atoms. The van der Waals surface area contributed by atoms with Crippen LogP contribution in [-0.2, 0) is 11.2 Å². The van der Waals surface area contributed by atoms with Crippen LogP contribution in [0.4, 0.5) is 4.39 Å². The molecule has 1 aliphatic heterocycles. The van der Waals surface area contributed by atoms with Crippen molar-refractivity contribution in [1.82, 2.24) is 9.88 Å². The van der Waals surface area contributed by atoms with E-state index in [1.807, 2.05) is 24.3 Å². The number of aromatic nitrogens is 1. The van der Waals surface area contributed by atoms with Gasteiger partial charge in [-0.1, -0.05) is 24.3 Å². The van der Waals surface area contributed by atoms with Crippen LogP contribution in [0.3, 0.4) is 0 Å². The molecule has 0 radical (unpaired) electrons. The molecule has 1 fully saturated rings. The summed E-state index contributed by atoms with van der Waals surface area (Å²) in [5.41, 5.74) is 1.03. The van der Waals surface area contributed by atoms with Gasteiger partial charge in [0.1, 0.15) is 23.1 Å². The van der Waals surface area contributed by atoms with Crippen LogP contribution >= 0.6 is 0 Å². The predicted molar refractivity (Wildman–Crippen MR) is 113 cm³/mol. The van der Waals surface area contributed by atoms with Crippen molar-refractivity contribution in [3.05, 3.63) is 77.8 Å². The van der Waals surface area contributed by atoms with Crippen molar-refractivity contribution in [2.45, 2.75) is 25.2 Å². The van der Waals surface area contributed by atoms with Crippen molar-refractivity contribution in [3.8, 4) is 11.5 Å². The van der Waals surface area contributed by atoms with E-state index in [0.29, 0.717) is 31.2 Å². The van der Waals surface area contributed by atoms with Gasteiger partial charge in [-0.05, 0) is 31.0 Å². The van der Waals surface area contributed by atoms with Crippen LogP contribution in [-0.4, -0.2) is 42.6 Å². The first-order chi connectivity index (χ1) is 15.1. The van der Waals surface area contributed by atoms with Gasteiger partial charge in [-0.15, -0.1) is 0 Å². The van der Waals surface area contributed by atoms with Crippen molar-refractivity contribution in [2.24, 2.45) is 0 Å². The molecule has 1 saturated heterocycles. The zero-order chi connectivity index (χ0) is 21.6. The molecule has 2 heterocycles. The Morgan fingerprint density at radius 1 is 1.26 bits per heavy atom. The first-order valence-electron chi connectivity index (χ1n) is 10.3. The fraction of sp³-hybridized carbons (Fsp3) is 0.333. The lowest BCUT2D eigenvalue weighted by Gasteiger charge is -2.31. The number of carbonyl (C=O) groups excluding carboxylic acids is 1. The van der Waals surface area contributed by atoms with Gasteiger partial charge in [-0.25, -0.2) is 9.37 Å². The van der Waals surface area contributed by atoms with E-state index in [2.05, 4.69) is 4.98 Å². The highest BCUT2D eigenvalue weighted by atomic mass is 19.1. The summed E-state index contributed by atoms with van der Waals surface area (Å²) in [7, 11) is 1.65. The summed E-state index contributed by atoms with van der Waals surface area (Å²) in [6, 6.07) is 13.6. The molecule has 0 spiro atoms. The Balaban J connectivity index is 1.35. The highest BCUT2D eigenvalue weighted by Gasteiger charge is 2.28. The molecular formula is C24H25FN2O4. The lowest BCUT2D eigenvalue weighted by molar-refractivity contribution is -0.134. The molecule has 7 heteroatoms. The van der Waals surface area contributed by atoms with E-state index < -0.39 is 5.82 Å². The minimum absolute atomic E-state index is 0.0401. The lowest BCUT2D eigenvalue weighted by Crippen LogP contribution is -2.41. The second-order valence-electron chi connectivity index (χ2n) is 7.58. The Morgan fingerprint density at radius 3 is 2.97 bits per heavy atom. The number of rotatable bonds is 7. The monoisotopic (exact) mass is 424 g/mol. The molecule has 1 amide bonds. The average molecular weight is 424 g/mol. The molecule has 0 N–H and O–H groups in total. The number of methoxy groups -OCH3 is 1. The number of para-hydroxylation sites is 1. The van der Waals surface area contributed by atoms with E-state index in [-0.39, 0.29) is 18.4 Å². The number of ether oxygens (including phenoxy) is 2. The number of halogens is 1. The van der Waals surface area contributed by atoms with E-state index in [1.54, 1.807) is 30.3 Å². The number of likely N-dealkylation sites (tertiary alicyclic amines) is 1. The molecule has 6 nitrogen and oxygen atoms in total.